The third-order valence-electron chi connectivity index (χ3n) is 2.19. The molecule has 7 heteroatoms. The molecule has 0 unspecified atom stereocenters. The van der Waals surface area contributed by atoms with Crippen molar-refractivity contribution in [2.75, 3.05) is 19.6 Å². The zero-order valence-corrected chi connectivity index (χ0v) is 11.0. The van der Waals surface area contributed by atoms with E-state index in [1.807, 2.05) is 20.8 Å². The van der Waals surface area contributed by atoms with E-state index in [2.05, 4.69) is 10.6 Å². The number of urea groups is 1. The molecule has 0 aliphatic heterocycles. The fraction of sp³-hybridized carbons (Fsp3) is 0.727. The Morgan fingerprint density at radius 2 is 1.78 bits per heavy atom. The molecule has 18 heavy (non-hydrogen) atoms. The van der Waals surface area contributed by atoms with Crippen molar-refractivity contribution in [1.82, 2.24) is 15.5 Å². The van der Waals surface area contributed by atoms with Gasteiger partial charge >= 0.3 is 12.0 Å². The van der Waals surface area contributed by atoms with Crippen molar-refractivity contribution in [2.24, 2.45) is 0 Å². The van der Waals surface area contributed by atoms with E-state index in [1.54, 1.807) is 4.90 Å². The van der Waals surface area contributed by atoms with Crippen LogP contribution in [0.4, 0.5) is 4.79 Å². The minimum atomic E-state index is -1.12. The Bertz CT molecular complexity index is 305. The van der Waals surface area contributed by atoms with E-state index in [0.717, 1.165) is 6.42 Å². The second kappa shape index (κ2) is 8.32. The molecular weight excluding hydrogens is 238 g/mol. The van der Waals surface area contributed by atoms with Gasteiger partial charge in [-0.25, -0.2) is 4.79 Å². The molecule has 0 aliphatic carbocycles. The molecule has 3 amide bonds. The molecule has 104 valence electrons. The first-order valence-electron chi connectivity index (χ1n) is 5.91. The Morgan fingerprint density at radius 3 is 2.22 bits per heavy atom. The molecule has 0 fully saturated rings. The molecule has 0 bridgehead atoms. The third kappa shape index (κ3) is 6.72. The number of nitrogens with zero attached hydrogens (tertiary/aromatic N) is 1. The quantitative estimate of drug-likeness (QED) is 0.600. The molecule has 0 aromatic rings. The van der Waals surface area contributed by atoms with Gasteiger partial charge in [0.25, 0.3) is 0 Å². The van der Waals surface area contributed by atoms with Crippen molar-refractivity contribution in [1.29, 1.82) is 0 Å². The largest absolute Gasteiger partial charge is 0.480 e. The molecule has 0 saturated heterocycles. The number of aliphatic carboxylic acids is 1. The van der Waals surface area contributed by atoms with Crippen LogP contribution in [0.3, 0.4) is 0 Å². The van der Waals surface area contributed by atoms with Gasteiger partial charge in [0.15, 0.2) is 0 Å². The van der Waals surface area contributed by atoms with Crippen molar-refractivity contribution < 1.29 is 19.5 Å². The number of carbonyl (C=O) groups is 3. The van der Waals surface area contributed by atoms with Crippen LogP contribution in [-0.2, 0) is 9.59 Å². The zero-order chi connectivity index (χ0) is 14.1. The van der Waals surface area contributed by atoms with Gasteiger partial charge in [0, 0.05) is 12.6 Å². The lowest BCUT2D eigenvalue weighted by atomic mass is 10.3. The first-order valence-corrected chi connectivity index (χ1v) is 5.91. The van der Waals surface area contributed by atoms with Crippen LogP contribution < -0.4 is 10.6 Å². The van der Waals surface area contributed by atoms with Gasteiger partial charge in [-0.3, -0.25) is 9.59 Å². The lowest BCUT2D eigenvalue weighted by Gasteiger charge is -2.26. The first-order chi connectivity index (χ1) is 8.38. The summed E-state index contributed by atoms with van der Waals surface area (Å²) in [6.07, 6.45) is 0.830. The van der Waals surface area contributed by atoms with Crippen LogP contribution in [0.1, 0.15) is 27.2 Å². The van der Waals surface area contributed by atoms with E-state index in [9.17, 15) is 14.4 Å². The number of hydrogen-bond donors (Lipinski definition) is 3. The number of carboxylic acid groups (broad SMARTS) is 1. The van der Waals surface area contributed by atoms with E-state index in [-0.39, 0.29) is 18.6 Å². The highest BCUT2D eigenvalue weighted by Gasteiger charge is 2.16. The Morgan fingerprint density at radius 1 is 1.17 bits per heavy atom. The molecule has 7 nitrogen and oxygen atoms in total. The fourth-order valence-corrected chi connectivity index (χ4v) is 1.33. The van der Waals surface area contributed by atoms with Crippen molar-refractivity contribution in [3.63, 3.8) is 0 Å². The second-order valence-corrected chi connectivity index (χ2v) is 4.12. The second-order valence-electron chi connectivity index (χ2n) is 4.12. The molecule has 0 heterocycles. The number of hydrogen-bond acceptors (Lipinski definition) is 3. The maximum absolute atomic E-state index is 11.7. The molecule has 0 aromatic carbocycles. The summed E-state index contributed by atoms with van der Waals surface area (Å²) in [5.41, 5.74) is 0. The summed E-state index contributed by atoms with van der Waals surface area (Å²) < 4.78 is 0. The van der Waals surface area contributed by atoms with Crippen LogP contribution in [0.25, 0.3) is 0 Å². The summed E-state index contributed by atoms with van der Waals surface area (Å²) in [6.45, 7) is 5.68. The van der Waals surface area contributed by atoms with Crippen LogP contribution in [0.5, 0.6) is 0 Å². The highest BCUT2D eigenvalue weighted by Crippen LogP contribution is 1.99. The van der Waals surface area contributed by atoms with Crippen LogP contribution in [-0.4, -0.2) is 53.6 Å². The monoisotopic (exact) mass is 259 g/mol. The summed E-state index contributed by atoms with van der Waals surface area (Å²) in [6, 6.07) is -0.274. The standard InChI is InChI=1S/C11H21N3O4/c1-4-5-14(8(2)3)11(18)13-6-9(15)12-7-10(16)17/h8H,4-7H2,1-3H3,(H,12,15)(H,13,18)(H,16,17). The summed E-state index contributed by atoms with van der Waals surface area (Å²) in [4.78, 5) is 34.8. The van der Waals surface area contributed by atoms with E-state index in [1.165, 1.54) is 0 Å². The van der Waals surface area contributed by atoms with Gasteiger partial charge in [0.05, 0.1) is 6.54 Å². The lowest BCUT2D eigenvalue weighted by molar-refractivity contribution is -0.137. The van der Waals surface area contributed by atoms with Gasteiger partial charge in [-0.1, -0.05) is 6.92 Å². The lowest BCUT2D eigenvalue weighted by Crippen LogP contribution is -2.47. The number of nitrogens with one attached hydrogen (secondary N) is 2. The minimum absolute atomic E-state index is 0.0482. The predicted octanol–water partition coefficient (Wildman–Crippen LogP) is 0.0172. The topological polar surface area (TPSA) is 98.7 Å². The summed E-state index contributed by atoms with van der Waals surface area (Å²) in [7, 11) is 0. The van der Waals surface area contributed by atoms with E-state index >= 15 is 0 Å². The number of carboxylic acids is 1. The van der Waals surface area contributed by atoms with Gasteiger partial charge in [0.1, 0.15) is 6.54 Å². The Hall–Kier alpha value is -1.79. The van der Waals surface area contributed by atoms with Crippen molar-refractivity contribution in [3.8, 4) is 0 Å². The maximum Gasteiger partial charge on any atom is 0.322 e. The Labute approximate surface area is 107 Å². The van der Waals surface area contributed by atoms with Crippen molar-refractivity contribution >= 4 is 17.9 Å². The summed E-state index contributed by atoms with van der Waals surface area (Å²) >= 11 is 0. The van der Waals surface area contributed by atoms with E-state index in [0.29, 0.717) is 6.54 Å². The molecule has 3 N–H and O–H groups in total. The average Bonchev–Trinajstić information content (AvgIpc) is 2.29. The van der Waals surface area contributed by atoms with E-state index in [4.69, 9.17) is 5.11 Å². The van der Waals surface area contributed by atoms with Gasteiger partial charge in [-0.05, 0) is 20.3 Å². The van der Waals surface area contributed by atoms with Crippen molar-refractivity contribution in [2.45, 2.75) is 33.2 Å². The van der Waals surface area contributed by atoms with Crippen molar-refractivity contribution in [3.05, 3.63) is 0 Å². The van der Waals surface area contributed by atoms with Crippen LogP contribution in [0.2, 0.25) is 0 Å². The van der Waals surface area contributed by atoms with Gasteiger partial charge < -0.3 is 20.6 Å². The molecule has 0 spiro atoms. The summed E-state index contributed by atoms with van der Waals surface area (Å²) in [5, 5.41) is 13.0. The maximum atomic E-state index is 11.7. The summed E-state index contributed by atoms with van der Waals surface area (Å²) in [5.74, 6) is -1.64. The molecular formula is C11H21N3O4. The molecule has 0 saturated carbocycles. The smallest absolute Gasteiger partial charge is 0.322 e. The number of rotatable bonds is 7. The van der Waals surface area contributed by atoms with E-state index < -0.39 is 18.4 Å². The SMILES string of the molecule is CCCN(C(=O)NCC(=O)NCC(=O)O)C(C)C. The molecule has 0 aromatic heterocycles. The Kier molecular flexibility index (Phi) is 7.50. The molecule has 0 radical (unpaired) electrons. The highest BCUT2D eigenvalue weighted by molar-refractivity contribution is 5.86. The highest BCUT2D eigenvalue weighted by atomic mass is 16.4. The normalized spacial score (nSPS) is 10.0. The van der Waals surface area contributed by atoms with Crippen LogP contribution in [0, 0.1) is 0 Å². The molecule has 0 atom stereocenters. The fourth-order valence-electron chi connectivity index (χ4n) is 1.33. The van der Waals surface area contributed by atoms with Crippen LogP contribution in [0.15, 0.2) is 0 Å². The number of amides is 3. The zero-order valence-electron chi connectivity index (χ0n) is 11.0. The molecule has 0 rings (SSSR count). The average molecular weight is 259 g/mol. The first kappa shape index (κ1) is 16.2. The minimum Gasteiger partial charge on any atom is -0.480 e. The van der Waals surface area contributed by atoms with Gasteiger partial charge in [0.2, 0.25) is 5.91 Å². The third-order valence-corrected chi connectivity index (χ3v) is 2.19. The van der Waals surface area contributed by atoms with Gasteiger partial charge in [-0.15, -0.1) is 0 Å². The molecule has 0 aliphatic rings. The predicted molar refractivity (Wildman–Crippen MR) is 66.2 cm³/mol. The van der Waals surface area contributed by atoms with Crippen LogP contribution >= 0.6 is 0 Å². The Balaban J connectivity index is 4.06. The number of carbonyl (C=O) groups excluding carboxylic acids is 2. The van der Waals surface area contributed by atoms with Gasteiger partial charge in [-0.2, -0.15) is 0 Å².